The lowest BCUT2D eigenvalue weighted by molar-refractivity contribution is -0.137. The molecule has 0 aliphatic heterocycles. The highest BCUT2D eigenvalue weighted by Gasteiger charge is 2.39. The lowest BCUT2D eigenvalue weighted by Gasteiger charge is -2.28. The number of benzene rings is 2. The van der Waals surface area contributed by atoms with Gasteiger partial charge in [0.15, 0.2) is 0 Å². The molecule has 1 saturated carbocycles. The topological polar surface area (TPSA) is 63.2 Å². The Balaban J connectivity index is 1.29. The van der Waals surface area contributed by atoms with Gasteiger partial charge in [-0.3, -0.25) is 0 Å². The van der Waals surface area contributed by atoms with Crippen molar-refractivity contribution < 1.29 is 27.5 Å². The maximum atomic E-state index is 12.3. The first-order valence-electron chi connectivity index (χ1n) is 19.6. The summed E-state index contributed by atoms with van der Waals surface area (Å²) in [5.74, 6) is 2.26. The van der Waals surface area contributed by atoms with Gasteiger partial charge in [0.1, 0.15) is 5.75 Å². The highest BCUT2D eigenvalue weighted by Crippen LogP contribution is 2.33. The second-order valence-corrected chi connectivity index (χ2v) is 16.3. The summed E-state index contributed by atoms with van der Waals surface area (Å²) in [7, 11) is -2.57. The van der Waals surface area contributed by atoms with E-state index in [-0.39, 0.29) is 5.97 Å². The van der Waals surface area contributed by atoms with E-state index in [0.29, 0.717) is 32.3 Å². The number of carbonyl (C=O) groups excluding carboxylic acids is 1. The average molecular weight is 695 g/mol. The summed E-state index contributed by atoms with van der Waals surface area (Å²) in [6.45, 7) is 11.3. The van der Waals surface area contributed by atoms with E-state index in [9.17, 15) is 4.79 Å². The molecule has 0 aromatic heterocycles. The number of hydrogen-bond acceptors (Lipinski definition) is 6. The number of ether oxygens (including phenoxy) is 2. The minimum atomic E-state index is -2.57. The van der Waals surface area contributed by atoms with Crippen LogP contribution in [-0.4, -0.2) is 47.8 Å². The van der Waals surface area contributed by atoms with Crippen molar-refractivity contribution in [3.8, 4) is 16.9 Å². The summed E-state index contributed by atoms with van der Waals surface area (Å²) in [6, 6.07) is 17.5. The second-order valence-electron chi connectivity index (χ2n) is 13.5. The number of carbonyl (C=O) groups is 1. The summed E-state index contributed by atoms with van der Waals surface area (Å²) in [5, 5.41) is 0. The van der Waals surface area contributed by atoms with Gasteiger partial charge in [-0.2, -0.15) is 0 Å². The smallest absolute Gasteiger partial charge is 0.493 e. The minimum absolute atomic E-state index is 0.309. The third kappa shape index (κ3) is 16.4. The first-order valence-corrected chi connectivity index (χ1v) is 21.5. The van der Waals surface area contributed by atoms with Crippen molar-refractivity contribution in [2.45, 2.75) is 130 Å². The Labute approximate surface area is 299 Å². The summed E-state index contributed by atoms with van der Waals surface area (Å²) < 4.78 is 29.4. The Morgan fingerprint density at radius 3 is 1.86 bits per heavy atom. The van der Waals surface area contributed by atoms with Crippen LogP contribution >= 0.6 is 0 Å². The average Bonchev–Trinajstić information content (AvgIpc) is 3.12. The minimum Gasteiger partial charge on any atom is -0.493 e. The summed E-state index contributed by atoms with van der Waals surface area (Å²) in [5.41, 5.74) is 3.26. The largest absolute Gasteiger partial charge is 0.500 e. The molecule has 6 nitrogen and oxygen atoms in total. The molecule has 2 aromatic carbocycles. The van der Waals surface area contributed by atoms with Crippen LogP contribution < -0.4 is 4.74 Å². The molecule has 0 saturated heterocycles. The van der Waals surface area contributed by atoms with Crippen molar-refractivity contribution in [3.63, 3.8) is 0 Å². The monoisotopic (exact) mass is 694 g/mol. The molecule has 1 aliphatic rings. The highest BCUT2D eigenvalue weighted by molar-refractivity contribution is 6.60. The molecule has 0 unspecified atom stereocenters. The zero-order chi connectivity index (χ0) is 35.0. The van der Waals surface area contributed by atoms with E-state index in [0.717, 1.165) is 66.7 Å². The molecule has 1 aliphatic carbocycles. The van der Waals surface area contributed by atoms with E-state index >= 15 is 0 Å². The van der Waals surface area contributed by atoms with E-state index in [1.165, 1.54) is 76.7 Å². The third-order valence-corrected chi connectivity index (χ3v) is 12.8. The first-order chi connectivity index (χ1) is 24.0. The molecule has 1 fully saturated rings. The van der Waals surface area contributed by atoms with Gasteiger partial charge in [0, 0.05) is 31.9 Å². The molecule has 49 heavy (non-hydrogen) atoms. The van der Waals surface area contributed by atoms with Crippen molar-refractivity contribution in [2.24, 2.45) is 11.8 Å². The fourth-order valence-electron chi connectivity index (χ4n) is 6.83. The molecule has 0 spiro atoms. The molecule has 0 bridgehead atoms. The molecule has 2 aromatic rings. The van der Waals surface area contributed by atoms with E-state index in [1.54, 1.807) is 0 Å². The maximum Gasteiger partial charge on any atom is 0.500 e. The number of rotatable bonds is 26. The SMILES string of the molecule is CCCCCCCCC1CCC(COc2ccc(-c3ccc(/C=C/C(=O)OCCCCCC[Si](OCC)(OCC)OCC)cc3)cc2)CC1. The Hall–Kier alpha value is -2.45. The van der Waals surface area contributed by atoms with E-state index in [2.05, 4.69) is 43.3 Å². The molecule has 0 amide bonds. The second kappa shape index (κ2) is 24.7. The third-order valence-electron chi connectivity index (χ3n) is 9.64. The summed E-state index contributed by atoms with van der Waals surface area (Å²) >= 11 is 0. The number of esters is 1. The highest BCUT2D eigenvalue weighted by atomic mass is 28.4. The van der Waals surface area contributed by atoms with Gasteiger partial charge in [-0.15, -0.1) is 0 Å². The van der Waals surface area contributed by atoms with Crippen LogP contribution in [0.15, 0.2) is 54.6 Å². The van der Waals surface area contributed by atoms with Gasteiger partial charge in [-0.05, 0) is 93.2 Å². The van der Waals surface area contributed by atoms with Gasteiger partial charge < -0.3 is 22.8 Å². The Kier molecular flexibility index (Phi) is 20.6. The summed E-state index contributed by atoms with van der Waals surface area (Å²) in [4.78, 5) is 12.3. The zero-order valence-corrected chi connectivity index (χ0v) is 32.2. The molecule has 7 heteroatoms. The fourth-order valence-corrected chi connectivity index (χ4v) is 9.51. The molecule has 274 valence electrons. The van der Waals surface area contributed by atoms with Crippen LogP contribution in [0.25, 0.3) is 17.2 Å². The van der Waals surface area contributed by atoms with E-state index in [1.807, 2.05) is 39.0 Å². The Morgan fingerprint density at radius 1 is 0.673 bits per heavy atom. The zero-order valence-electron chi connectivity index (χ0n) is 31.2. The van der Waals surface area contributed by atoms with Gasteiger partial charge in [0.2, 0.25) is 0 Å². The molecule has 0 heterocycles. The first kappa shape index (κ1) is 41.0. The predicted octanol–water partition coefficient (Wildman–Crippen LogP) is 11.5. The Morgan fingerprint density at radius 2 is 1.22 bits per heavy atom. The van der Waals surface area contributed by atoms with Crippen LogP contribution in [0.4, 0.5) is 0 Å². The van der Waals surface area contributed by atoms with Crippen LogP contribution in [0.1, 0.15) is 130 Å². The molecule has 0 N–H and O–H groups in total. The fraction of sp³-hybridized carbons (Fsp3) is 0.643. The van der Waals surface area contributed by atoms with Crippen LogP contribution in [-0.2, 0) is 22.8 Å². The van der Waals surface area contributed by atoms with Crippen molar-refractivity contribution >= 4 is 20.8 Å². The van der Waals surface area contributed by atoms with E-state index < -0.39 is 8.80 Å². The van der Waals surface area contributed by atoms with Crippen molar-refractivity contribution in [1.29, 1.82) is 0 Å². The number of hydrogen-bond donors (Lipinski definition) is 0. The molecule has 0 atom stereocenters. The lowest BCUT2D eigenvalue weighted by Crippen LogP contribution is -2.45. The van der Waals surface area contributed by atoms with Gasteiger partial charge in [0.05, 0.1) is 13.2 Å². The van der Waals surface area contributed by atoms with E-state index in [4.69, 9.17) is 22.8 Å². The van der Waals surface area contributed by atoms with Crippen LogP contribution in [0.5, 0.6) is 5.75 Å². The standard InChI is InChI=1S/C42H66O6Si/c1-5-9-10-11-12-15-18-36-19-21-38(22-20-36)35-45-41-30-28-40(29-31-41)39-26-23-37(24-27-39)25-32-42(43)44-33-16-13-14-17-34-49(46-6-2,47-7-3)48-8-4/h23-32,36,38H,5-22,33-35H2,1-4H3/b32-25+. The molecular formula is C42H66O6Si. The van der Waals surface area contributed by atoms with Crippen molar-refractivity contribution in [2.75, 3.05) is 33.0 Å². The molecular weight excluding hydrogens is 629 g/mol. The van der Waals surface area contributed by atoms with Gasteiger partial charge >= 0.3 is 14.8 Å². The maximum absolute atomic E-state index is 12.3. The van der Waals surface area contributed by atoms with Crippen LogP contribution in [0.3, 0.4) is 0 Å². The van der Waals surface area contributed by atoms with Gasteiger partial charge in [-0.1, -0.05) is 114 Å². The predicted molar refractivity (Wildman–Crippen MR) is 205 cm³/mol. The van der Waals surface area contributed by atoms with Crippen molar-refractivity contribution in [1.82, 2.24) is 0 Å². The van der Waals surface area contributed by atoms with Crippen LogP contribution in [0, 0.1) is 11.8 Å². The molecule has 3 rings (SSSR count). The van der Waals surface area contributed by atoms with Crippen molar-refractivity contribution in [3.05, 3.63) is 60.2 Å². The number of unbranched alkanes of at least 4 members (excludes halogenated alkanes) is 8. The lowest BCUT2D eigenvalue weighted by atomic mass is 9.80. The Bertz CT molecular complexity index is 1140. The summed E-state index contributed by atoms with van der Waals surface area (Å²) in [6.07, 6.45) is 22.3. The van der Waals surface area contributed by atoms with Crippen LogP contribution in [0.2, 0.25) is 6.04 Å². The quantitative estimate of drug-likeness (QED) is 0.0423. The van der Waals surface area contributed by atoms with Gasteiger partial charge in [-0.25, -0.2) is 4.79 Å². The molecule has 0 radical (unpaired) electrons. The normalized spacial score (nSPS) is 16.7. The van der Waals surface area contributed by atoms with Gasteiger partial charge in [0.25, 0.3) is 0 Å².